The summed E-state index contributed by atoms with van der Waals surface area (Å²) in [6.07, 6.45) is 3.36. The number of nitrogens with one attached hydrogen (secondary N) is 1. The van der Waals surface area contributed by atoms with Crippen molar-refractivity contribution in [2.45, 2.75) is 39.7 Å². The van der Waals surface area contributed by atoms with Gasteiger partial charge in [0.05, 0.1) is 0 Å². The van der Waals surface area contributed by atoms with Crippen LogP contribution in [0.2, 0.25) is 0 Å². The van der Waals surface area contributed by atoms with Crippen LogP contribution in [0.4, 0.5) is 0 Å². The van der Waals surface area contributed by atoms with Crippen LogP contribution in [0.3, 0.4) is 0 Å². The van der Waals surface area contributed by atoms with E-state index in [-0.39, 0.29) is 0 Å². The highest BCUT2D eigenvalue weighted by Gasteiger charge is 2.02. The molecular formula is C11H21N3O2. The highest BCUT2D eigenvalue weighted by atomic mass is 16.6. The molecule has 0 bridgehead atoms. The second kappa shape index (κ2) is 8.24. The number of hydrogen-bond donors (Lipinski definition) is 1. The van der Waals surface area contributed by atoms with Crippen LogP contribution >= 0.6 is 0 Å². The van der Waals surface area contributed by atoms with Crippen LogP contribution in [-0.4, -0.2) is 30.1 Å². The standard InChI is InChI=1S/C11H21N3O2/c1-3-4-7-15-8-5-6-12-9-11-10(2)13-16-14-11/h12H,3-9H2,1-2H3. The Balaban J connectivity index is 1.91. The summed E-state index contributed by atoms with van der Waals surface area (Å²) in [4.78, 5) is 0. The fraction of sp³-hybridized carbons (Fsp3) is 0.818. The van der Waals surface area contributed by atoms with E-state index in [4.69, 9.17) is 4.74 Å². The van der Waals surface area contributed by atoms with Crippen molar-refractivity contribution >= 4 is 0 Å². The van der Waals surface area contributed by atoms with Crippen molar-refractivity contribution in [2.24, 2.45) is 0 Å². The Morgan fingerprint density at radius 3 is 2.75 bits per heavy atom. The molecule has 1 rings (SSSR count). The first-order valence-electron chi connectivity index (χ1n) is 5.91. The van der Waals surface area contributed by atoms with Crippen molar-refractivity contribution < 1.29 is 9.37 Å². The van der Waals surface area contributed by atoms with E-state index in [2.05, 4.69) is 27.2 Å². The highest BCUT2D eigenvalue weighted by molar-refractivity contribution is 5.03. The molecule has 5 nitrogen and oxygen atoms in total. The van der Waals surface area contributed by atoms with Crippen molar-refractivity contribution in [3.63, 3.8) is 0 Å². The van der Waals surface area contributed by atoms with Crippen LogP contribution in [0.1, 0.15) is 37.6 Å². The average molecular weight is 227 g/mol. The molecule has 1 N–H and O–H groups in total. The van der Waals surface area contributed by atoms with Crippen LogP contribution < -0.4 is 5.32 Å². The normalized spacial score (nSPS) is 10.9. The third-order valence-corrected chi connectivity index (χ3v) is 2.32. The number of aromatic nitrogens is 2. The molecule has 5 heteroatoms. The Morgan fingerprint density at radius 1 is 1.25 bits per heavy atom. The predicted molar refractivity (Wildman–Crippen MR) is 61.1 cm³/mol. The molecule has 0 aliphatic heterocycles. The largest absolute Gasteiger partial charge is 0.381 e. The van der Waals surface area contributed by atoms with E-state index in [0.29, 0.717) is 6.54 Å². The SMILES string of the molecule is CCCCOCCCNCc1nonc1C. The van der Waals surface area contributed by atoms with E-state index in [9.17, 15) is 0 Å². The zero-order chi connectivity index (χ0) is 11.6. The van der Waals surface area contributed by atoms with Gasteiger partial charge in [-0.25, -0.2) is 4.63 Å². The zero-order valence-corrected chi connectivity index (χ0v) is 10.2. The fourth-order valence-electron chi connectivity index (χ4n) is 1.26. The first kappa shape index (κ1) is 13.1. The predicted octanol–water partition coefficient (Wildman–Crippen LogP) is 1.67. The molecule has 0 radical (unpaired) electrons. The molecule has 0 aromatic carbocycles. The maximum absolute atomic E-state index is 5.45. The van der Waals surface area contributed by atoms with E-state index in [1.54, 1.807) is 0 Å². The molecule has 0 aliphatic rings. The lowest BCUT2D eigenvalue weighted by Crippen LogP contribution is -2.17. The van der Waals surface area contributed by atoms with Crippen LogP contribution in [0.15, 0.2) is 4.63 Å². The summed E-state index contributed by atoms with van der Waals surface area (Å²) in [7, 11) is 0. The second-order valence-electron chi connectivity index (χ2n) is 3.79. The molecule has 0 aliphatic carbocycles. The van der Waals surface area contributed by atoms with E-state index in [0.717, 1.165) is 44.0 Å². The first-order valence-corrected chi connectivity index (χ1v) is 5.91. The average Bonchev–Trinajstić information content (AvgIpc) is 2.68. The summed E-state index contributed by atoms with van der Waals surface area (Å²) in [6.45, 7) is 7.40. The lowest BCUT2D eigenvalue weighted by molar-refractivity contribution is 0.128. The van der Waals surface area contributed by atoms with Gasteiger partial charge in [-0.2, -0.15) is 0 Å². The van der Waals surface area contributed by atoms with E-state index >= 15 is 0 Å². The van der Waals surface area contributed by atoms with Crippen molar-refractivity contribution in [2.75, 3.05) is 19.8 Å². The van der Waals surface area contributed by atoms with Gasteiger partial charge in [0.2, 0.25) is 0 Å². The summed E-state index contributed by atoms with van der Waals surface area (Å²) in [5.41, 5.74) is 1.73. The number of aryl methyl sites for hydroxylation is 1. The quantitative estimate of drug-likeness (QED) is 0.650. The molecule has 1 aromatic heterocycles. The van der Waals surface area contributed by atoms with Crippen molar-refractivity contribution in [1.29, 1.82) is 0 Å². The molecule has 0 spiro atoms. The van der Waals surface area contributed by atoms with Gasteiger partial charge in [0.15, 0.2) is 0 Å². The first-order chi connectivity index (χ1) is 7.84. The van der Waals surface area contributed by atoms with Crippen molar-refractivity contribution in [3.05, 3.63) is 11.4 Å². The summed E-state index contributed by atoms with van der Waals surface area (Å²) in [5.74, 6) is 0. The summed E-state index contributed by atoms with van der Waals surface area (Å²) < 4.78 is 10.1. The van der Waals surface area contributed by atoms with Crippen LogP contribution in [0.25, 0.3) is 0 Å². The number of unbranched alkanes of at least 4 members (excludes halogenated alkanes) is 1. The maximum Gasteiger partial charge on any atom is 0.121 e. The second-order valence-corrected chi connectivity index (χ2v) is 3.79. The van der Waals surface area contributed by atoms with Crippen LogP contribution in [-0.2, 0) is 11.3 Å². The minimum absolute atomic E-state index is 0.713. The maximum atomic E-state index is 5.45. The van der Waals surface area contributed by atoms with E-state index < -0.39 is 0 Å². The molecular weight excluding hydrogens is 206 g/mol. The lowest BCUT2D eigenvalue weighted by Gasteiger charge is -2.04. The third kappa shape index (κ3) is 5.23. The minimum atomic E-state index is 0.713. The summed E-state index contributed by atoms with van der Waals surface area (Å²) in [6, 6.07) is 0. The summed E-state index contributed by atoms with van der Waals surface area (Å²) in [5, 5.41) is 10.8. The Morgan fingerprint density at radius 2 is 2.06 bits per heavy atom. The molecule has 0 fully saturated rings. The molecule has 1 aromatic rings. The van der Waals surface area contributed by atoms with Crippen LogP contribution in [0, 0.1) is 6.92 Å². The van der Waals surface area contributed by atoms with Crippen LogP contribution in [0.5, 0.6) is 0 Å². The molecule has 92 valence electrons. The Hall–Kier alpha value is -0.940. The molecule has 0 saturated heterocycles. The van der Waals surface area contributed by atoms with Gasteiger partial charge in [0.1, 0.15) is 11.4 Å². The fourth-order valence-corrected chi connectivity index (χ4v) is 1.26. The minimum Gasteiger partial charge on any atom is -0.381 e. The molecule has 16 heavy (non-hydrogen) atoms. The van der Waals surface area contributed by atoms with Gasteiger partial charge < -0.3 is 10.1 Å². The number of hydrogen-bond acceptors (Lipinski definition) is 5. The Kier molecular flexibility index (Phi) is 6.76. The highest BCUT2D eigenvalue weighted by Crippen LogP contribution is 1.98. The molecule has 0 amide bonds. The molecule has 1 heterocycles. The smallest absolute Gasteiger partial charge is 0.121 e. The number of nitrogens with zero attached hydrogens (tertiary/aromatic N) is 2. The number of rotatable bonds is 9. The Bertz CT molecular complexity index is 276. The van der Waals surface area contributed by atoms with Crippen molar-refractivity contribution in [3.8, 4) is 0 Å². The van der Waals surface area contributed by atoms with Gasteiger partial charge in [-0.1, -0.05) is 23.7 Å². The van der Waals surface area contributed by atoms with Gasteiger partial charge in [0, 0.05) is 19.8 Å². The van der Waals surface area contributed by atoms with Gasteiger partial charge in [-0.05, 0) is 26.3 Å². The molecule has 0 atom stereocenters. The molecule has 0 saturated carbocycles. The Labute approximate surface area is 96.5 Å². The zero-order valence-electron chi connectivity index (χ0n) is 10.2. The molecule has 0 unspecified atom stereocenters. The monoisotopic (exact) mass is 227 g/mol. The number of ether oxygens (including phenoxy) is 1. The summed E-state index contributed by atoms with van der Waals surface area (Å²) >= 11 is 0. The van der Waals surface area contributed by atoms with E-state index in [1.807, 2.05) is 6.92 Å². The lowest BCUT2D eigenvalue weighted by atomic mass is 10.3. The third-order valence-electron chi connectivity index (χ3n) is 2.32. The van der Waals surface area contributed by atoms with Gasteiger partial charge in [-0.3, -0.25) is 0 Å². The van der Waals surface area contributed by atoms with E-state index in [1.165, 1.54) is 6.42 Å². The van der Waals surface area contributed by atoms with Gasteiger partial charge >= 0.3 is 0 Å². The van der Waals surface area contributed by atoms with Gasteiger partial charge in [0.25, 0.3) is 0 Å². The topological polar surface area (TPSA) is 60.2 Å². The van der Waals surface area contributed by atoms with Gasteiger partial charge in [-0.15, -0.1) is 0 Å². The van der Waals surface area contributed by atoms with Crippen molar-refractivity contribution in [1.82, 2.24) is 15.6 Å².